The molecule has 0 heterocycles. The zero-order valence-electron chi connectivity index (χ0n) is 17.2. The van der Waals surface area contributed by atoms with E-state index in [2.05, 4.69) is 0 Å². The minimum atomic E-state index is -4.17. The standard InChI is InChI=1S/C24H22ClNO4S/c1-3-30-22-13-11-21(12-14-22)26(31(28,29)23-15-9-20(25)10-16-23)24(27)17-8-19-6-4-18(2)5-7-19/h4-17H,3H2,1-2H3/b17-8+. The molecule has 0 atom stereocenters. The molecular formula is C24H22ClNO4S. The number of rotatable bonds is 7. The van der Waals surface area contributed by atoms with Crippen LogP contribution in [0.1, 0.15) is 18.1 Å². The van der Waals surface area contributed by atoms with Gasteiger partial charge in [0.05, 0.1) is 17.2 Å². The minimum absolute atomic E-state index is 0.0390. The van der Waals surface area contributed by atoms with E-state index in [1.807, 2.05) is 38.1 Å². The highest BCUT2D eigenvalue weighted by Crippen LogP contribution is 2.27. The monoisotopic (exact) mass is 455 g/mol. The van der Waals surface area contributed by atoms with E-state index in [-0.39, 0.29) is 10.6 Å². The zero-order valence-corrected chi connectivity index (χ0v) is 18.7. The highest BCUT2D eigenvalue weighted by atomic mass is 35.5. The number of carbonyl (C=O) groups excluding carboxylic acids is 1. The van der Waals surface area contributed by atoms with Crippen LogP contribution in [0.25, 0.3) is 6.08 Å². The molecule has 0 aliphatic carbocycles. The summed E-state index contributed by atoms with van der Waals surface area (Å²) in [7, 11) is -4.17. The molecule has 0 saturated carbocycles. The molecule has 0 aliphatic rings. The summed E-state index contributed by atoms with van der Waals surface area (Å²) >= 11 is 5.90. The summed E-state index contributed by atoms with van der Waals surface area (Å²) in [5, 5.41) is 0.400. The van der Waals surface area contributed by atoms with Gasteiger partial charge in [0.1, 0.15) is 5.75 Å². The quantitative estimate of drug-likeness (QED) is 0.442. The SMILES string of the molecule is CCOc1ccc(N(C(=O)/C=C/c2ccc(C)cc2)S(=O)(=O)c2ccc(Cl)cc2)cc1. The van der Waals surface area contributed by atoms with Gasteiger partial charge < -0.3 is 4.74 Å². The number of sulfonamides is 1. The van der Waals surface area contributed by atoms with E-state index in [9.17, 15) is 13.2 Å². The molecule has 1 amide bonds. The van der Waals surface area contributed by atoms with E-state index >= 15 is 0 Å². The molecule has 160 valence electrons. The predicted molar refractivity (Wildman–Crippen MR) is 124 cm³/mol. The van der Waals surface area contributed by atoms with Crippen LogP contribution >= 0.6 is 11.6 Å². The summed E-state index contributed by atoms with van der Waals surface area (Å²) in [6.07, 6.45) is 2.83. The van der Waals surface area contributed by atoms with Crippen molar-refractivity contribution in [3.05, 3.63) is 95.0 Å². The number of benzene rings is 3. The topological polar surface area (TPSA) is 63.7 Å². The third-order valence-electron chi connectivity index (χ3n) is 4.43. The van der Waals surface area contributed by atoms with E-state index in [1.165, 1.54) is 42.5 Å². The Morgan fingerprint density at radius 2 is 1.58 bits per heavy atom. The zero-order chi connectivity index (χ0) is 22.4. The van der Waals surface area contributed by atoms with Gasteiger partial charge in [-0.3, -0.25) is 4.79 Å². The van der Waals surface area contributed by atoms with Gasteiger partial charge in [-0.05, 0) is 74.0 Å². The van der Waals surface area contributed by atoms with Crippen LogP contribution in [0.2, 0.25) is 5.02 Å². The normalized spacial score (nSPS) is 11.5. The van der Waals surface area contributed by atoms with Gasteiger partial charge in [-0.15, -0.1) is 0 Å². The van der Waals surface area contributed by atoms with Crippen LogP contribution in [0.15, 0.2) is 83.8 Å². The Morgan fingerprint density at radius 3 is 2.16 bits per heavy atom. The van der Waals surface area contributed by atoms with Crippen LogP contribution in [-0.2, 0) is 14.8 Å². The molecule has 7 heteroatoms. The molecule has 0 radical (unpaired) electrons. The van der Waals surface area contributed by atoms with E-state index in [0.717, 1.165) is 15.4 Å². The number of ether oxygens (including phenoxy) is 1. The number of hydrogen-bond donors (Lipinski definition) is 0. The molecule has 0 spiro atoms. The summed E-state index contributed by atoms with van der Waals surface area (Å²) in [6.45, 7) is 4.29. The second-order valence-electron chi connectivity index (χ2n) is 6.73. The molecule has 0 N–H and O–H groups in total. The summed E-state index contributed by atoms with van der Waals surface area (Å²) in [4.78, 5) is 13.0. The van der Waals surface area contributed by atoms with Crippen LogP contribution in [0.3, 0.4) is 0 Å². The fourth-order valence-electron chi connectivity index (χ4n) is 2.85. The largest absolute Gasteiger partial charge is 0.494 e. The van der Waals surface area contributed by atoms with Gasteiger partial charge in [0, 0.05) is 11.1 Å². The van der Waals surface area contributed by atoms with Crippen LogP contribution in [0.4, 0.5) is 5.69 Å². The van der Waals surface area contributed by atoms with Crippen LogP contribution in [0, 0.1) is 6.92 Å². The minimum Gasteiger partial charge on any atom is -0.494 e. The number of hydrogen-bond acceptors (Lipinski definition) is 4. The van der Waals surface area contributed by atoms with Crippen molar-refractivity contribution < 1.29 is 17.9 Å². The second kappa shape index (κ2) is 9.81. The summed E-state index contributed by atoms with van der Waals surface area (Å²) in [6, 6.07) is 19.5. The fourth-order valence-corrected chi connectivity index (χ4v) is 4.37. The first-order valence-electron chi connectivity index (χ1n) is 9.64. The van der Waals surface area contributed by atoms with Crippen molar-refractivity contribution in [1.82, 2.24) is 0 Å². The molecule has 0 unspecified atom stereocenters. The van der Waals surface area contributed by atoms with Crippen LogP contribution in [0.5, 0.6) is 5.75 Å². The van der Waals surface area contributed by atoms with Crippen LogP contribution in [-0.4, -0.2) is 20.9 Å². The Labute approximate surface area is 187 Å². The molecule has 0 fully saturated rings. The van der Waals surface area contributed by atoms with Crippen molar-refractivity contribution in [2.24, 2.45) is 0 Å². The summed E-state index contributed by atoms with van der Waals surface area (Å²) in [5.74, 6) is -0.113. The molecule has 0 saturated heterocycles. The lowest BCUT2D eigenvalue weighted by molar-refractivity contribution is -0.113. The van der Waals surface area contributed by atoms with E-state index in [0.29, 0.717) is 17.4 Å². The lowest BCUT2D eigenvalue weighted by Gasteiger charge is -2.21. The highest BCUT2D eigenvalue weighted by molar-refractivity contribution is 7.93. The molecule has 0 bridgehead atoms. The maximum Gasteiger partial charge on any atom is 0.271 e. The first kappa shape index (κ1) is 22.6. The number of aryl methyl sites for hydroxylation is 1. The summed E-state index contributed by atoms with van der Waals surface area (Å²) < 4.78 is 32.9. The molecule has 0 aliphatic heterocycles. The average Bonchev–Trinajstić information content (AvgIpc) is 2.75. The summed E-state index contributed by atoms with van der Waals surface area (Å²) in [5.41, 5.74) is 2.08. The van der Waals surface area contributed by atoms with E-state index in [4.69, 9.17) is 16.3 Å². The van der Waals surface area contributed by atoms with Crippen molar-refractivity contribution >= 4 is 39.3 Å². The Morgan fingerprint density at radius 1 is 0.968 bits per heavy atom. The molecule has 5 nitrogen and oxygen atoms in total. The Kier molecular flexibility index (Phi) is 7.15. The van der Waals surface area contributed by atoms with Gasteiger partial charge in [0.15, 0.2) is 0 Å². The number of anilines is 1. The van der Waals surface area contributed by atoms with Crippen molar-refractivity contribution in [1.29, 1.82) is 0 Å². The maximum atomic E-state index is 13.3. The van der Waals surface area contributed by atoms with Crippen molar-refractivity contribution in [3.8, 4) is 5.75 Å². The van der Waals surface area contributed by atoms with E-state index in [1.54, 1.807) is 18.2 Å². The molecule has 0 aromatic heterocycles. The maximum absolute atomic E-state index is 13.3. The third-order valence-corrected chi connectivity index (χ3v) is 6.42. The van der Waals surface area contributed by atoms with Gasteiger partial charge >= 0.3 is 0 Å². The lowest BCUT2D eigenvalue weighted by atomic mass is 10.1. The number of amides is 1. The Bertz CT molecular complexity index is 1170. The number of carbonyl (C=O) groups is 1. The molecule has 3 aromatic carbocycles. The Balaban J connectivity index is 2.01. The first-order valence-corrected chi connectivity index (χ1v) is 11.5. The third kappa shape index (κ3) is 5.54. The van der Waals surface area contributed by atoms with E-state index < -0.39 is 15.9 Å². The highest BCUT2D eigenvalue weighted by Gasteiger charge is 2.29. The molecule has 31 heavy (non-hydrogen) atoms. The van der Waals surface area contributed by atoms with Gasteiger partial charge in [-0.2, -0.15) is 4.31 Å². The smallest absolute Gasteiger partial charge is 0.271 e. The van der Waals surface area contributed by atoms with Crippen molar-refractivity contribution in [3.63, 3.8) is 0 Å². The molecule has 3 rings (SSSR count). The second-order valence-corrected chi connectivity index (χ2v) is 8.96. The van der Waals surface area contributed by atoms with Crippen molar-refractivity contribution in [2.45, 2.75) is 18.7 Å². The number of nitrogens with zero attached hydrogens (tertiary/aromatic N) is 1. The molecular weight excluding hydrogens is 434 g/mol. The fraction of sp³-hybridized carbons (Fsp3) is 0.125. The predicted octanol–water partition coefficient (Wildman–Crippen LogP) is 5.48. The van der Waals surface area contributed by atoms with Gasteiger partial charge in [0.25, 0.3) is 15.9 Å². The number of halogens is 1. The van der Waals surface area contributed by atoms with Gasteiger partial charge in [0.2, 0.25) is 0 Å². The molecule has 3 aromatic rings. The van der Waals surface area contributed by atoms with Crippen molar-refractivity contribution in [2.75, 3.05) is 10.9 Å². The van der Waals surface area contributed by atoms with Gasteiger partial charge in [-0.25, -0.2) is 8.42 Å². The van der Waals surface area contributed by atoms with Gasteiger partial charge in [-0.1, -0.05) is 41.4 Å². The Hall–Kier alpha value is -3.09. The lowest BCUT2D eigenvalue weighted by Crippen LogP contribution is -2.35. The van der Waals surface area contributed by atoms with Crippen LogP contribution < -0.4 is 9.04 Å². The average molecular weight is 456 g/mol. The first-order chi connectivity index (χ1) is 14.8.